The molecule has 2 fully saturated rings. The molecule has 0 radical (unpaired) electrons. The molecular formula is C15H20N6O. The predicted molar refractivity (Wildman–Crippen MR) is 82.6 cm³/mol. The van der Waals surface area contributed by atoms with E-state index in [1.54, 1.807) is 7.05 Å². The maximum Gasteiger partial charge on any atom is 0.191 e. The Morgan fingerprint density at radius 2 is 2.36 bits per heavy atom. The van der Waals surface area contributed by atoms with E-state index in [2.05, 4.69) is 25.8 Å². The standard InChI is InChI=1S/C15H20N6O/c1-16-15(18-11-8-10-5-6-12(11)22-10)17-9-14-20-19-13-4-2-3-7-21(13)14/h2-4,7,10-12H,5-6,8-9H2,1H3,(H2,16,17,18). The molecule has 2 aliphatic rings. The van der Waals surface area contributed by atoms with Gasteiger partial charge >= 0.3 is 0 Å². The number of nitrogens with one attached hydrogen (secondary N) is 2. The number of aliphatic imine (C=N–C) groups is 1. The van der Waals surface area contributed by atoms with E-state index < -0.39 is 0 Å². The number of pyridine rings is 1. The largest absolute Gasteiger partial charge is 0.373 e. The van der Waals surface area contributed by atoms with Crippen molar-refractivity contribution in [3.8, 4) is 0 Å². The normalized spacial score (nSPS) is 27.5. The summed E-state index contributed by atoms with van der Waals surface area (Å²) in [6.07, 6.45) is 6.14. The first-order chi connectivity index (χ1) is 10.8. The van der Waals surface area contributed by atoms with Crippen molar-refractivity contribution in [2.45, 2.75) is 44.1 Å². The van der Waals surface area contributed by atoms with Gasteiger partial charge in [-0.2, -0.15) is 0 Å². The number of hydrogen-bond donors (Lipinski definition) is 2. The second kappa shape index (κ2) is 5.57. The molecule has 3 atom stereocenters. The highest BCUT2D eigenvalue weighted by atomic mass is 16.5. The number of rotatable bonds is 3. The van der Waals surface area contributed by atoms with Crippen LogP contribution in [0.25, 0.3) is 5.65 Å². The van der Waals surface area contributed by atoms with Gasteiger partial charge in [0, 0.05) is 13.2 Å². The third kappa shape index (κ3) is 2.41. The summed E-state index contributed by atoms with van der Waals surface area (Å²) in [5, 5.41) is 15.1. The molecular weight excluding hydrogens is 280 g/mol. The van der Waals surface area contributed by atoms with Crippen molar-refractivity contribution in [1.29, 1.82) is 0 Å². The predicted octanol–water partition coefficient (Wildman–Crippen LogP) is 0.714. The van der Waals surface area contributed by atoms with Crippen LogP contribution < -0.4 is 10.6 Å². The molecule has 7 heteroatoms. The van der Waals surface area contributed by atoms with Gasteiger partial charge in [0.2, 0.25) is 0 Å². The molecule has 7 nitrogen and oxygen atoms in total. The molecule has 22 heavy (non-hydrogen) atoms. The van der Waals surface area contributed by atoms with Crippen molar-refractivity contribution in [3.05, 3.63) is 30.2 Å². The molecule has 0 saturated carbocycles. The lowest BCUT2D eigenvalue weighted by Gasteiger charge is -2.22. The third-order valence-electron chi connectivity index (χ3n) is 4.45. The summed E-state index contributed by atoms with van der Waals surface area (Å²) in [4.78, 5) is 4.30. The quantitative estimate of drug-likeness (QED) is 0.645. The van der Waals surface area contributed by atoms with Crippen LogP contribution in [0.15, 0.2) is 29.4 Å². The fourth-order valence-corrected chi connectivity index (χ4v) is 3.33. The average Bonchev–Trinajstić information content (AvgIpc) is 3.26. The number of guanidine groups is 1. The Bertz CT molecular complexity index is 696. The number of fused-ring (bicyclic) bond motifs is 3. The highest BCUT2D eigenvalue weighted by Crippen LogP contribution is 2.34. The molecule has 2 aliphatic heterocycles. The van der Waals surface area contributed by atoms with Gasteiger partial charge in [0.15, 0.2) is 17.4 Å². The van der Waals surface area contributed by atoms with Crippen LogP contribution in [-0.4, -0.2) is 45.9 Å². The zero-order chi connectivity index (χ0) is 14.9. The van der Waals surface area contributed by atoms with E-state index in [9.17, 15) is 0 Å². The van der Waals surface area contributed by atoms with Gasteiger partial charge in [0.1, 0.15) is 0 Å². The lowest BCUT2D eigenvalue weighted by Crippen LogP contribution is -2.47. The van der Waals surface area contributed by atoms with E-state index in [-0.39, 0.29) is 0 Å². The Hall–Kier alpha value is -2.15. The minimum absolute atomic E-state index is 0.331. The van der Waals surface area contributed by atoms with Crippen molar-refractivity contribution >= 4 is 11.6 Å². The molecule has 116 valence electrons. The van der Waals surface area contributed by atoms with Crippen molar-refractivity contribution in [1.82, 2.24) is 25.2 Å². The minimum Gasteiger partial charge on any atom is -0.373 e. The van der Waals surface area contributed by atoms with E-state index in [4.69, 9.17) is 4.74 Å². The third-order valence-corrected chi connectivity index (χ3v) is 4.45. The Morgan fingerprint density at radius 3 is 3.14 bits per heavy atom. The molecule has 0 spiro atoms. The molecule has 2 saturated heterocycles. The zero-order valence-electron chi connectivity index (χ0n) is 12.6. The second-order valence-electron chi connectivity index (χ2n) is 5.83. The van der Waals surface area contributed by atoms with E-state index in [1.807, 2.05) is 28.8 Å². The van der Waals surface area contributed by atoms with Crippen molar-refractivity contribution in [2.24, 2.45) is 4.99 Å². The topological polar surface area (TPSA) is 75.8 Å². The highest BCUT2D eigenvalue weighted by Gasteiger charge is 2.41. The van der Waals surface area contributed by atoms with Crippen LogP contribution in [0.1, 0.15) is 25.1 Å². The first-order valence-corrected chi connectivity index (χ1v) is 7.75. The number of nitrogens with zero attached hydrogens (tertiary/aromatic N) is 4. The lowest BCUT2D eigenvalue weighted by molar-refractivity contribution is 0.0992. The lowest BCUT2D eigenvalue weighted by atomic mass is 9.96. The second-order valence-corrected chi connectivity index (χ2v) is 5.83. The average molecular weight is 300 g/mol. The van der Waals surface area contributed by atoms with Crippen LogP contribution in [-0.2, 0) is 11.3 Å². The molecule has 2 aromatic heterocycles. The molecule has 4 rings (SSSR count). The Morgan fingerprint density at radius 1 is 1.41 bits per heavy atom. The Balaban J connectivity index is 1.39. The molecule has 2 N–H and O–H groups in total. The summed E-state index contributed by atoms with van der Waals surface area (Å²) in [5.41, 5.74) is 0.851. The van der Waals surface area contributed by atoms with Crippen molar-refractivity contribution < 1.29 is 4.74 Å². The maximum absolute atomic E-state index is 5.87. The fourth-order valence-electron chi connectivity index (χ4n) is 3.33. The summed E-state index contributed by atoms with van der Waals surface area (Å²) >= 11 is 0. The van der Waals surface area contributed by atoms with Crippen molar-refractivity contribution in [3.63, 3.8) is 0 Å². The first kappa shape index (κ1) is 13.5. The van der Waals surface area contributed by atoms with Gasteiger partial charge in [-0.25, -0.2) is 0 Å². The summed E-state index contributed by atoms with van der Waals surface area (Å²) in [6, 6.07) is 6.23. The molecule has 3 unspecified atom stereocenters. The number of aromatic nitrogens is 3. The molecule has 0 aliphatic carbocycles. The van der Waals surface area contributed by atoms with Crippen molar-refractivity contribution in [2.75, 3.05) is 7.05 Å². The van der Waals surface area contributed by atoms with Crippen LogP contribution in [0.4, 0.5) is 0 Å². The van der Waals surface area contributed by atoms with Gasteiger partial charge in [-0.1, -0.05) is 6.07 Å². The minimum atomic E-state index is 0.331. The van der Waals surface area contributed by atoms with Crippen LogP contribution in [0.3, 0.4) is 0 Å². The summed E-state index contributed by atoms with van der Waals surface area (Å²) in [6.45, 7) is 0.576. The first-order valence-electron chi connectivity index (χ1n) is 7.75. The molecule has 2 bridgehead atoms. The summed E-state index contributed by atoms with van der Waals surface area (Å²) < 4.78 is 7.84. The molecule has 2 aromatic rings. The summed E-state index contributed by atoms with van der Waals surface area (Å²) in [5.74, 6) is 1.65. The van der Waals surface area contributed by atoms with E-state index >= 15 is 0 Å². The molecule has 4 heterocycles. The number of ether oxygens (including phenoxy) is 1. The van der Waals surface area contributed by atoms with Crippen LogP contribution in [0.2, 0.25) is 0 Å². The highest BCUT2D eigenvalue weighted by molar-refractivity contribution is 5.80. The monoisotopic (exact) mass is 300 g/mol. The smallest absolute Gasteiger partial charge is 0.191 e. The van der Waals surface area contributed by atoms with Crippen LogP contribution in [0, 0.1) is 0 Å². The summed E-state index contributed by atoms with van der Waals surface area (Å²) in [7, 11) is 1.78. The van der Waals surface area contributed by atoms with Gasteiger partial charge in [-0.05, 0) is 31.4 Å². The van der Waals surface area contributed by atoms with Crippen LogP contribution in [0.5, 0.6) is 0 Å². The fraction of sp³-hybridized carbons (Fsp3) is 0.533. The van der Waals surface area contributed by atoms with Gasteiger partial charge in [0.25, 0.3) is 0 Å². The van der Waals surface area contributed by atoms with Gasteiger partial charge in [-0.15, -0.1) is 10.2 Å². The SMILES string of the molecule is CN=C(NCc1nnc2ccccn12)NC1CC2CCC1O2. The van der Waals surface area contributed by atoms with Gasteiger partial charge in [-0.3, -0.25) is 9.39 Å². The van der Waals surface area contributed by atoms with Gasteiger partial charge in [0.05, 0.1) is 24.8 Å². The van der Waals surface area contributed by atoms with E-state index in [0.717, 1.165) is 30.3 Å². The maximum atomic E-state index is 5.87. The zero-order valence-corrected chi connectivity index (χ0v) is 12.6. The Labute approximate surface area is 128 Å². The molecule has 0 aromatic carbocycles. The molecule has 0 amide bonds. The van der Waals surface area contributed by atoms with E-state index in [0.29, 0.717) is 24.8 Å². The van der Waals surface area contributed by atoms with Gasteiger partial charge < -0.3 is 15.4 Å². The van der Waals surface area contributed by atoms with E-state index in [1.165, 1.54) is 6.42 Å². The Kier molecular flexibility index (Phi) is 3.42. The number of hydrogen-bond acceptors (Lipinski definition) is 4. The van der Waals surface area contributed by atoms with Crippen LogP contribution >= 0.6 is 0 Å².